The van der Waals surface area contributed by atoms with Crippen molar-refractivity contribution in [3.05, 3.63) is 59.7 Å². The third kappa shape index (κ3) is 3.87. The Morgan fingerprint density at radius 2 is 1.80 bits per heavy atom. The van der Waals surface area contributed by atoms with Crippen molar-refractivity contribution in [2.24, 2.45) is 0 Å². The molecule has 0 saturated heterocycles. The summed E-state index contributed by atoms with van der Waals surface area (Å²) in [5, 5.41) is 0. The Bertz CT molecular complexity index is 593. The topological polar surface area (TPSA) is 26.3 Å². The third-order valence-electron chi connectivity index (χ3n) is 2.96. The molecular weight excluding hydrogens is 268 g/mol. The zero-order valence-corrected chi connectivity index (χ0v) is 12.6. The molecule has 0 amide bonds. The molecule has 0 aliphatic carbocycles. The van der Waals surface area contributed by atoms with E-state index in [2.05, 4.69) is 19.1 Å². The number of ether oxygens (including phenoxy) is 1. The number of hydrogen-bond donors (Lipinski definition) is 0. The maximum Gasteiger partial charge on any atom is 0.163 e. The van der Waals surface area contributed by atoms with E-state index in [1.165, 1.54) is 10.5 Å². The van der Waals surface area contributed by atoms with E-state index in [0.717, 1.165) is 5.75 Å². The molecule has 0 radical (unpaired) electrons. The number of thioether (sulfide) groups is 1. The summed E-state index contributed by atoms with van der Waals surface area (Å²) in [6, 6.07) is 15.7. The van der Waals surface area contributed by atoms with Crippen LogP contribution in [0.4, 0.5) is 0 Å². The van der Waals surface area contributed by atoms with Gasteiger partial charge in [0.2, 0.25) is 0 Å². The van der Waals surface area contributed by atoms with E-state index < -0.39 is 0 Å². The summed E-state index contributed by atoms with van der Waals surface area (Å²) in [5.41, 5.74) is 1.93. The second kappa shape index (κ2) is 7.15. The minimum Gasteiger partial charge on any atom is -0.492 e. The van der Waals surface area contributed by atoms with Gasteiger partial charge in [-0.3, -0.25) is 4.79 Å². The molecule has 0 saturated carbocycles. The first-order valence-electron chi connectivity index (χ1n) is 6.59. The highest BCUT2D eigenvalue weighted by Gasteiger charge is 2.07. The van der Waals surface area contributed by atoms with Gasteiger partial charge in [-0.1, -0.05) is 30.3 Å². The summed E-state index contributed by atoms with van der Waals surface area (Å²) in [7, 11) is 0. The normalized spacial score (nSPS) is 10.3. The van der Waals surface area contributed by atoms with Gasteiger partial charge < -0.3 is 4.74 Å². The van der Waals surface area contributed by atoms with Gasteiger partial charge in [0.15, 0.2) is 5.78 Å². The SMILES string of the molecule is CC(=O)c1ccccc1OCCSc1ccccc1C. The minimum absolute atomic E-state index is 0.0344. The third-order valence-corrected chi connectivity index (χ3v) is 4.10. The van der Waals surface area contributed by atoms with E-state index >= 15 is 0 Å². The Morgan fingerprint density at radius 3 is 2.55 bits per heavy atom. The highest BCUT2D eigenvalue weighted by atomic mass is 32.2. The van der Waals surface area contributed by atoms with Crippen molar-refractivity contribution in [2.45, 2.75) is 18.7 Å². The van der Waals surface area contributed by atoms with Crippen molar-refractivity contribution in [1.82, 2.24) is 0 Å². The van der Waals surface area contributed by atoms with Crippen LogP contribution in [0.3, 0.4) is 0 Å². The Kier molecular flexibility index (Phi) is 5.24. The van der Waals surface area contributed by atoms with E-state index in [4.69, 9.17) is 4.74 Å². The van der Waals surface area contributed by atoms with Gasteiger partial charge in [0.1, 0.15) is 5.75 Å². The van der Waals surface area contributed by atoms with E-state index in [-0.39, 0.29) is 5.78 Å². The summed E-state index contributed by atoms with van der Waals surface area (Å²) in [5.74, 6) is 1.56. The standard InChI is InChI=1S/C17H18O2S/c1-13-7-3-6-10-17(13)20-12-11-19-16-9-5-4-8-15(16)14(2)18/h3-10H,11-12H2,1-2H3. The molecular formula is C17H18O2S. The molecule has 2 aromatic rings. The van der Waals surface area contributed by atoms with Crippen LogP contribution in [-0.4, -0.2) is 18.1 Å². The van der Waals surface area contributed by atoms with Gasteiger partial charge in [-0.2, -0.15) is 0 Å². The summed E-state index contributed by atoms with van der Waals surface area (Å²) < 4.78 is 5.72. The number of hydrogen-bond acceptors (Lipinski definition) is 3. The predicted molar refractivity (Wildman–Crippen MR) is 83.8 cm³/mol. The van der Waals surface area contributed by atoms with E-state index in [0.29, 0.717) is 17.9 Å². The number of benzene rings is 2. The molecule has 0 fully saturated rings. The Hall–Kier alpha value is -1.74. The molecule has 20 heavy (non-hydrogen) atoms. The number of Topliss-reactive ketones (excluding diaryl/α,β-unsaturated/α-hetero) is 1. The first-order valence-corrected chi connectivity index (χ1v) is 7.58. The monoisotopic (exact) mass is 286 g/mol. The van der Waals surface area contributed by atoms with Crippen LogP contribution >= 0.6 is 11.8 Å². The van der Waals surface area contributed by atoms with Gasteiger partial charge >= 0.3 is 0 Å². The van der Waals surface area contributed by atoms with Crippen molar-refractivity contribution in [3.8, 4) is 5.75 Å². The van der Waals surface area contributed by atoms with Crippen molar-refractivity contribution in [3.63, 3.8) is 0 Å². The number of carbonyl (C=O) groups is 1. The molecule has 0 atom stereocenters. The highest BCUT2D eigenvalue weighted by molar-refractivity contribution is 7.99. The number of aryl methyl sites for hydroxylation is 1. The fourth-order valence-corrected chi connectivity index (χ4v) is 2.76. The van der Waals surface area contributed by atoms with Crippen LogP contribution in [0, 0.1) is 6.92 Å². The zero-order chi connectivity index (χ0) is 14.4. The molecule has 0 spiro atoms. The quantitative estimate of drug-likeness (QED) is 0.448. The van der Waals surface area contributed by atoms with Gasteiger partial charge in [-0.25, -0.2) is 0 Å². The second-order valence-electron chi connectivity index (χ2n) is 4.51. The molecule has 0 heterocycles. The average molecular weight is 286 g/mol. The van der Waals surface area contributed by atoms with E-state index in [1.807, 2.05) is 30.3 Å². The maximum absolute atomic E-state index is 11.5. The number of para-hydroxylation sites is 1. The van der Waals surface area contributed by atoms with Gasteiger partial charge in [0.25, 0.3) is 0 Å². The Balaban J connectivity index is 1.88. The first kappa shape index (κ1) is 14.7. The molecule has 2 nitrogen and oxygen atoms in total. The maximum atomic E-state index is 11.5. The van der Waals surface area contributed by atoms with E-state index in [9.17, 15) is 4.79 Å². The summed E-state index contributed by atoms with van der Waals surface area (Å²) in [6.07, 6.45) is 0. The lowest BCUT2D eigenvalue weighted by atomic mass is 10.1. The molecule has 2 rings (SSSR count). The highest BCUT2D eigenvalue weighted by Crippen LogP contribution is 2.23. The van der Waals surface area contributed by atoms with Gasteiger partial charge in [0.05, 0.1) is 12.2 Å². The van der Waals surface area contributed by atoms with Crippen LogP contribution < -0.4 is 4.74 Å². The molecule has 0 aromatic heterocycles. The van der Waals surface area contributed by atoms with Crippen LogP contribution in [-0.2, 0) is 0 Å². The number of carbonyl (C=O) groups excluding carboxylic acids is 1. The van der Waals surface area contributed by atoms with Gasteiger partial charge in [-0.15, -0.1) is 11.8 Å². The predicted octanol–water partition coefficient (Wildman–Crippen LogP) is 4.37. The van der Waals surface area contributed by atoms with Crippen molar-refractivity contribution < 1.29 is 9.53 Å². The van der Waals surface area contributed by atoms with Crippen molar-refractivity contribution in [1.29, 1.82) is 0 Å². The number of rotatable bonds is 6. The molecule has 0 bridgehead atoms. The zero-order valence-electron chi connectivity index (χ0n) is 11.8. The summed E-state index contributed by atoms with van der Waals surface area (Å²) in [6.45, 7) is 4.25. The average Bonchev–Trinajstić information content (AvgIpc) is 2.45. The number of ketones is 1. The minimum atomic E-state index is 0.0344. The molecule has 0 N–H and O–H groups in total. The largest absolute Gasteiger partial charge is 0.492 e. The molecule has 3 heteroatoms. The first-order chi connectivity index (χ1) is 9.68. The molecule has 0 aliphatic heterocycles. The smallest absolute Gasteiger partial charge is 0.163 e. The fraction of sp³-hybridized carbons (Fsp3) is 0.235. The van der Waals surface area contributed by atoms with Gasteiger partial charge in [0, 0.05) is 10.6 Å². The molecule has 0 aliphatic rings. The lowest BCUT2D eigenvalue weighted by Crippen LogP contribution is -2.04. The van der Waals surface area contributed by atoms with Gasteiger partial charge in [-0.05, 0) is 37.6 Å². The molecule has 0 unspecified atom stereocenters. The Morgan fingerprint density at radius 1 is 1.10 bits per heavy atom. The Labute approximate surface area is 124 Å². The molecule has 104 valence electrons. The fourth-order valence-electron chi connectivity index (χ4n) is 1.90. The summed E-state index contributed by atoms with van der Waals surface area (Å²) >= 11 is 1.77. The van der Waals surface area contributed by atoms with Crippen LogP contribution in [0.15, 0.2) is 53.4 Å². The second-order valence-corrected chi connectivity index (χ2v) is 5.65. The lowest BCUT2D eigenvalue weighted by Gasteiger charge is -2.10. The van der Waals surface area contributed by atoms with Crippen LogP contribution in [0.25, 0.3) is 0 Å². The lowest BCUT2D eigenvalue weighted by molar-refractivity contribution is 0.101. The van der Waals surface area contributed by atoms with E-state index in [1.54, 1.807) is 24.8 Å². The summed E-state index contributed by atoms with van der Waals surface area (Å²) in [4.78, 5) is 12.8. The molecule has 2 aromatic carbocycles. The van der Waals surface area contributed by atoms with Crippen molar-refractivity contribution >= 4 is 17.5 Å². The van der Waals surface area contributed by atoms with Crippen LogP contribution in [0.2, 0.25) is 0 Å². The van der Waals surface area contributed by atoms with Crippen LogP contribution in [0.5, 0.6) is 5.75 Å². The van der Waals surface area contributed by atoms with Crippen molar-refractivity contribution in [2.75, 3.05) is 12.4 Å². The van der Waals surface area contributed by atoms with Crippen LogP contribution in [0.1, 0.15) is 22.8 Å².